The average molecular weight is 402 g/mol. The van der Waals surface area contributed by atoms with E-state index >= 15 is 0 Å². The molecule has 0 aliphatic rings. The topological polar surface area (TPSA) is 26.3 Å². The molecule has 0 fully saturated rings. The summed E-state index contributed by atoms with van der Waals surface area (Å²) in [4.78, 5) is 11.6. The van der Waals surface area contributed by atoms with Gasteiger partial charge in [0.2, 0.25) is 0 Å². The molecule has 0 heterocycles. The Hall–Kier alpha value is -2.14. The summed E-state index contributed by atoms with van der Waals surface area (Å²) in [6, 6.07) is 28.2. The van der Waals surface area contributed by atoms with Gasteiger partial charge in [-0.2, -0.15) is 0 Å². The molecule has 0 aliphatic heterocycles. The van der Waals surface area contributed by atoms with Crippen LogP contribution < -0.4 is 4.74 Å². The second kappa shape index (κ2) is 9.00. The van der Waals surface area contributed by atoms with Crippen LogP contribution in [0.3, 0.4) is 0 Å². The summed E-state index contributed by atoms with van der Waals surface area (Å²) < 4.78 is 6.45. The van der Waals surface area contributed by atoms with Gasteiger partial charge in [0.1, 0.15) is 5.75 Å². The van der Waals surface area contributed by atoms with E-state index in [4.69, 9.17) is 4.74 Å². The first kappa shape index (κ1) is 16.2. The highest BCUT2D eigenvalue weighted by atomic mass is 127. The molecule has 0 atom stereocenters. The zero-order valence-corrected chi connectivity index (χ0v) is 14.0. The lowest BCUT2D eigenvalue weighted by Gasteiger charge is -2.02. The molecule has 2 nitrogen and oxygen atoms in total. The molecule has 22 heavy (non-hydrogen) atoms. The van der Waals surface area contributed by atoms with E-state index in [1.54, 1.807) is 24.3 Å². The number of carbonyl (C=O) groups is 1. The normalized spacial score (nSPS) is 9.32. The van der Waals surface area contributed by atoms with Crippen LogP contribution in [0.1, 0.15) is 10.4 Å². The number of halogens is 1. The van der Waals surface area contributed by atoms with Gasteiger partial charge in [-0.05, 0) is 59.0 Å². The van der Waals surface area contributed by atoms with Gasteiger partial charge in [0, 0.05) is 3.57 Å². The van der Waals surface area contributed by atoms with Crippen LogP contribution in [0.5, 0.6) is 5.75 Å². The van der Waals surface area contributed by atoms with Gasteiger partial charge in [-0.25, -0.2) is 4.79 Å². The van der Waals surface area contributed by atoms with Crippen molar-refractivity contribution in [3.05, 3.63) is 100 Å². The van der Waals surface area contributed by atoms with Crippen LogP contribution >= 0.6 is 22.6 Å². The number of esters is 1. The lowest BCUT2D eigenvalue weighted by atomic mass is 10.2. The molecule has 0 radical (unpaired) electrons. The van der Waals surface area contributed by atoms with Crippen LogP contribution in [0.2, 0.25) is 0 Å². The first-order valence-corrected chi connectivity index (χ1v) is 7.86. The fourth-order valence-electron chi connectivity index (χ4n) is 1.64. The number of benzene rings is 3. The van der Waals surface area contributed by atoms with Crippen molar-refractivity contribution in [3.8, 4) is 5.75 Å². The molecule has 0 N–H and O–H groups in total. The van der Waals surface area contributed by atoms with Crippen molar-refractivity contribution in [3.63, 3.8) is 0 Å². The Kier molecular flexibility index (Phi) is 6.64. The van der Waals surface area contributed by atoms with Crippen molar-refractivity contribution >= 4 is 28.6 Å². The zero-order valence-electron chi connectivity index (χ0n) is 11.9. The molecular weight excluding hydrogens is 387 g/mol. The van der Waals surface area contributed by atoms with Crippen LogP contribution in [-0.2, 0) is 0 Å². The van der Waals surface area contributed by atoms with Gasteiger partial charge in [-0.3, -0.25) is 0 Å². The van der Waals surface area contributed by atoms with Gasteiger partial charge in [-0.1, -0.05) is 54.6 Å². The summed E-state index contributed by atoms with van der Waals surface area (Å²) in [5.74, 6) is 0.230. The Balaban J connectivity index is 0.000000211. The molecule has 3 rings (SSSR count). The predicted molar refractivity (Wildman–Crippen MR) is 97.0 cm³/mol. The molecule has 3 aromatic rings. The fourth-order valence-corrected chi connectivity index (χ4v) is 2.06. The minimum absolute atomic E-state index is 0.332. The standard InChI is InChI=1S/C13H10O2.C6H5I/c14-13(11-7-3-1-4-8-11)15-12-9-5-2-6-10-12;7-6-4-2-1-3-5-6/h1-10H;1-5H. The number of ether oxygens (including phenoxy) is 1. The Labute approximate surface area is 143 Å². The van der Waals surface area contributed by atoms with Crippen LogP contribution in [0, 0.1) is 3.57 Å². The van der Waals surface area contributed by atoms with E-state index in [0.717, 1.165) is 0 Å². The molecule has 110 valence electrons. The highest BCUT2D eigenvalue weighted by molar-refractivity contribution is 14.1. The number of hydrogen-bond acceptors (Lipinski definition) is 2. The van der Waals surface area contributed by atoms with Crippen molar-refractivity contribution < 1.29 is 9.53 Å². The molecule has 3 heteroatoms. The lowest BCUT2D eigenvalue weighted by molar-refractivity contribution is 0.0735. The fraction of sp³-hybridized carbons (Fsp3) is 0. The summed E-state index contributed by atoms with van der Waals surface area (Å²) in [7, 11) is 0. The molecule has 0 aromatic heterocycles. The third-order valence-electron chi connectivity index (χ3n) is 2.70. The Morgan fingerprint density at radius 3 is 1.59 bits per heavy atom. The van der Waals surface area contributed by atoms with Gasteiger partial charge in [0.05, 0.1) is 5.56 Å². The lowest BCUT2D eigenvalue weighted by Crippen LogP contribution is -2.07. The maximum absolute atomic E-state index is 11.6. The molecule has 0 unspecified atom stereocenters. The maximum atomic E-state index is 11.6. The van der Waals surface area contributed by atoms with E-state index in [0.29, 0.717) is 11.3 Å². The minimum Gasteiger partial charge on any atom is -0.423 e. The molecule has 0 spiro atoms. The van der Waals surface area contributed by atoms with Crippen LogP contribution in [-0.4, -0.2) is 5.97 Å². The highest BCUT2D eigenvalue weighted by Gasteiger charge is 2.06. The molecule has 0 aliphatic carbocycles. The van der Waals surface area contributed by atoms with Crippen LogP contribution in [0.25, 0.3) is 0 Å². The molecule has 0 saturated carbocycles. The smallest absolute Gasteiger partial charge is 0.343 e. The number of para-hydroxylation sites is 1. The van der Waals surface area contributed by atoms with Crippen LogP contribution in [0.15, 0.2) is 91.0 Å². The van der Waals surface area contributed by atoms with Crippen molar-refractivity contribution in [1.29, 1.82) is 0 Å². The molecular formula is C19H15IO2. The average Bonchev–Trinajstić information content (AvgIpc) is 2.58. The zero-order chi connectivity index (χ0) is 15.6. The summed E-state index contributed by atoms with van der Waals surface area (Å²) >= 11 is 2.28. The van der Waals surface area contributed by atoms with E-state index in [9.17, 15) is 4.79 Å². The van der Waals surface area contributed by atoms with E-state index < -0.39 is 0 Å². The molecule has 3 aromatic carbocycles. The second-order valence-electron chi connectivity index (χ2n) is 4.36. The predicted octanol–water partition coefficient (Wildman–Crippen LogP) is 5.20. The van der Waals surface area contributed by atoms with Crippen molar-refractivity contribution in [2.45, 2.75) is 0 Å². The number of hydrogen-bond donors (Lipinski definition) is 0. The third-order valence-corrected chi connectivity index (χ3v) is 3.42. The van der Waals surface area contributed by atoms with Crippen LogP contribution in [0.4, 0.5) is 0 Å². The SMILES string of the molecule is Ic1ccccc1.O=C(Oc1ccccc1)c1ccccc1. The summed E-state index contributed by atoms with van der Waals surface area (Å²) in [6.45, 7) is 0. The molecule has 0 amide bonds. The molecule has 0 saturated heterocycles. The second-order valence-corrected chi connectivity index (χ2v) is 5.61. The van der Waals surface area contributed by atoms with E-state index in [-0.39, 0.29) is 5.97 Å². The summed E-state index contributed by atoms with van der Waals surface area (Å²) in [5, 5.41) is 0. The highest BCUT2D eigenvalue weighted by Crippen LogP contribution is 2.11. The monoisotopic (exact) mass is 402 g/mol. The minimum atomic E-state index is -0.332. The van der Waals surface area contributed by atoms with Gasteiger partial charge in [-0.15, -0.1) is 0 Å². The number of rotatable bonds is 2. The van der Waals surface area contributed by atoms with E-state index in [1.807, 2.05) is 54.6 Å². The maximum Gasteiger partial charge on any atom is 0.343 e. The summed E-state index contributed by atoms with van der Waals surface area (Å²) in [6.07, 6.45) is 0. The van der Waals surface area contributed by atoms with E-state index in [1.165, 1.54) is 3.57 Å². The summed E-state index contributed by atoms with van der Waals surface area (Å²) in [5.41, 5.74) is 0.557. The largest absolute Gasteiger partial charge is 0.423 e. The third kappa shape index (κ3) is 5.69. The van der Waals surface area contributed by atoms with E-state index in [2.05, 4.69) is 34.7 Å². The van der Waals surface area contributed by atoms with Crippen molar-refractivity contribution in [2.24, 2.45) is 0 Å². The quantitative estimate of drug-likeness (QED) is 0.335. The Morgan fingerprint density at radius 2 is 1.14 bits per heavy atom. The van der Waals surface area contributed by atoms with Crippen molar-refractivity contribution in [1.82, 2.24) is 0 Å². The Morgan fingerprint density at radius 1 is 0.682 bits per heavy atom. The van der Waals surface area contributed by atoms with Gasteiger partial charge >= 0.3 is 5.97 Å². The van der Waals surface area contributed by atoms with Gasteiger partial charge < -0.3 is 4.74 Å². The number of carbonyl (C=O) groups excluding carboxylic acids is 1. The molecule has 0 bridgehead atoms. The first-order valence-electron chi connectivity index (χ1n) is 6.78. The Bertz CT molecular complexity index is 682. The first-order chi connectivity index (χ1) is 10.8. The van der Waals surface area contributed by atoms with Gasteiger partial charge in [0.25, 0.3) is 0 Å². The van der Waals surface area contributed by atoms with Gasteiger partial charge in [0.15, 0.2) is 0 Å². The van der Waals surface area contributed by atoms with Crippen molar-refractivity contribution in [2.75, 3.05) is 0 Å².